The maximum atomic E-state index is 13.4. The van der Waals surface area contributed by atoms with Gasteiger partial charge in [0.05, 0.1) is 5.25 Å². The van der Waals surface area contributed by atoms with Gasteiger partial charge in [0.15, 0.2) is 0 Å². The Morgan fingerprint density at radius 2 is 1.60 bits per heavy atom. The van der Waals surface area contributed by atoms with Crippen molar-refractivity contribution in [1.82, 2.24) is 5.32 Å². The smallest absolute Gasteiger partial charge is 0.357 e. The number of amides is 1. The van der Waals surface area contributed by atoms with E-state index in [9.17, 15) is 39.6 Å². The lowest BCUT2D eigenvalue weighted by atomic mass is 9.91. The predicted octanol–water partition coefficient (Wildman–Crippen LogP) is 4.95. The van der Waals surface area contributed by atoms with Gasteiger partial charge in [-0.2, -0.15) is 26.3 Å². The van der Waals surface area contributed by atoms with Crippen molar-refractivity contribution in [3.8, 4) is 0 Å². The molecule has 1 atom stereocenters. The van der Waals surface area contributed by atoms with Crippen LogP contribution in [-0.2, 0) is 27.6 Å². The van der Waals surface area contributed by atoms with Crippen molar-refractivity contribution in [1.29, 1.82) is 0 Å². The molecule has 0 aliphatic heterocycles. The molecule has 0 saturated heterocycles. The molecule has 0 heterocycles. The summed E-state index contributed by atoms with van der Waals surface area (Å²) in [5.41, 5.74) is -3.79. The van der Waals surface area contributed by atoms with Crippen LogP contribution in [0, 0.1) is 12.8 Å². The van der Waals surface area contributed by atoms with Crippen LogP contribution in [0.4, 0.5) is 26.3 Å². The highest BCUT2D eigenvalue weighted by Gasteiger charge is 2.73. The number of methoxy groups -OCH3 is 1. The molecule has 35 heavy (non-hydrogen) atoms. The number of alkyl halides is 6. The van der Waals surface area contributed by atoms with Crippen molar-refractivity contribution in [2.75, 3.05) is 7.11 Å². The Morgan fingerprint density at radius 3 is 2.03 bits per heavy atom. The van der Waals surface area contributed by atoms with Crippen LogP contribution in [0.3, 0.4) is 0 Å². The number of hydrogen-bond acceptors (Lipinski definition) is 4. The molecule has 3 rings (SSSR count). The third kappa shape index (κ3) is 5.32. The van der Waals surface area contributed by atoms with Gasteiger partial charge in [0.25, 0.3) is 11.5 Å². The molecule has 0 radical (unpaired) electrons. The van der Waals surface area contributed by atoms with E-state index in [0.717, 1.165) is 30.5 Å². The second-order valence-electron chi connectivity index (χ2n) is 8.39. The van der Waals surface area contributed by atoms with Crippen LogP contribution < -0.4 is 5.32 Å². The Hall–Kier alpha value is -2.60. The lowest BCUT2D eigenvalue weighted by Crippen LogP contribution is -2.55. The Balaban J connectivity index is 1.75. The molecule has 5 nitrogen and oxygen atoms in total. The Kier molecular flexibility index (Phi) is 7.56. The molecular formula is C23H23F6NO4S. The van der Waals surface area contributed by atoms with Gasteiger partial charge in [-0.1, -0.05) is 30.3 Å². The van der Waals surface area contributed by atoms with E-state index >= 15 is 0 Å². The zero-order chi connectivity index (χ0) is 26.2. The summed E-state index contributed by atoms with van der Waals surface area (Å²) < 4.78 is 107. The zero-order valence-electron chi connectivity index (χ0n) is 18.7. The first-order valence-electron chi connectivity index (χ1n) is 10.5. The lowest BCUT2D eigenvalue weighted by molar-refractivity contribution is -0.383. The van der Waals surface area contributed by atoms with Crippen LogP contribution in [0.1, 0.15) is 50.7 Å². The van der Waals surface area contributed by atoms with E-state index in [4.69, 9.17) is 0 Å². The van der Waals surface area contributed by atoms with Crippen molar-refractivity contribution in [3.63, 3.8) is 0 Å². The van der Waals surface area contributed by atoms with Crippen LogP contribution >= 0.6 is 0 Å². The maximum absolute atomic E-state index is 13.4. The third-order valence-electron chi connectivity index (χ3n) is 6.10. The van der Waals surface area contributed by atoms with Crippen molar-refractivity contribution < 1.29 is 44.3 Å². The number of nitrogens with one attached hydrogen (secondary N) is 1. The fourth-order valence-electron chi connectivity index (χ4n) is 4.05. The summed E-state index contributed by atoms with van der Waals surface area (Å²) in [5.74, 6) is -0.601. The molecule has 1 fully saturated rings. The quantitative estimate of drug-likeness (QED) is 0.379. The van der Waals surface area contributed by atoms with Crippen molar-refractivity contribution in [3.05, 3.63) is 70.3 Å². The summed E-state index contributed by atoms with van der Waals surface area (Å²) in [6.07, 6.45) is -9.88. The number of halogens is 6. The highest BCUT2D eigenvalue weighted by Crippen LogP contribution is 2.52. The highest BCUT2D eigenvalue weighted by atomic mass is 32.2. The molecule has 2 aromatic rings. The highest BCUT2D eigenvalue weighted by molar-refractivity contribution is 7.72. The first-order valence-corrected chi connectivity index (χ1v) is 11.8. The average Bonchev–Trinajstić information content (AvgIpc) is 3.57. The Morgan fingerprint density at radius 1 is 1.03 bits per heavy atom. The normalized spacial score (nSPS) is 15.8. The molecule has 0 bridgehead atoms. The number of aryl methyl sites for hydroxylation is 1. The van der Waals surface area contributed by atoms with Gasteiger partial charge >= 0.3 is 12.4 Å². The summed E-state index contributed by atoms with van der Waals surface area (Å²) in [4.78, 5) is 12.4. The number of hydrogen-bond donors (Lipinski definition) is 2. The van der Waals surface area contributed by atoms with Gasteiger partial charge in [-0.25, -0.2) is 8.42 Å². The summed E-state index contributed by atoms with van der Waals surface area (Å²) in [6, 6.07) is 7.93. The van der Waals surface area contributed by atoms with Crippen molar-refractivity contribution in [2.45, 2.75) is 49.5 Å². The molecule has 1 N–H and O–H groups in total. The fourth-order valence-corrected chi connectivity index (χ4v) is 5.10. The Bertz CT molecular complexity index is 1130. The average molecular weight is 523 g/mol. The molecule has 192 valence electrons. The van der Waals surface area contributed by atoms with Gasteiger partial charge in [-0.15, -0.1) is 0 Å². The van der Waals surface area contributed by atoms with Crippen LogP contribution in [0.25, 0.3) is 0 Å². The largest absolute Gasteiger partial charge is 0.430 e. The lowest BCUT2D eigenvalue weighted by Gasteiger charge is -2.36. The monoisotopic (exact) mass is 523 g/mol. The predicted molar refractivity (Wildman–Crippen MR) is 115 cm³/mol. The number of thiol groups is 1. The molecule has 0 spiro atoms. The summed E-state index contributed by atoms with van der Waals surface area (Å²) in [5, 5.41) is 2.00. The van der Waals surface area contributed by atoms with Gasteiger partial charge in [0.1, 0.15) is 10.7 Å². The van der Waals surface area contributed by atoms with Gasteiger partial charge in [-0.05, 0) is 54.5 Å². The van der Waals surface area contributed by atoms with Crippen LogP contribution in [0.2, 0.25) is 0 Å². The van der Waals surface area contributed by atoms with Crippen LogP contribution in [0.15, 0.2) is 42.5 Å². The van der Waals surface area contributed by atoms with Gasteiger partial charge in [0.2, 0.25) is 0 Å². The minimum atomic E-state index is -5.79. The molecule has 0 aromatic heterocycles. The molecule has 1 saturated carbocycles. The van der Waals surface area contributed by atoms with Gasteiger partial charge in [-0.3, -0.25) is 4.79 Å². The molecule has 1 amide bonds. The van der Waals surface area contributed by atoms with Crippen LogP contribution in [0.5, 0.6) is 0 Å². The summed E-state index contributed by atoms with van der Waals surface area (Å²) >= 11 is 0. The van der Waals surface area contributed by atoms with E-state index in [1.807, 2.05) is 0 Å². The second kappa shape index (κ2) is 9.81. The van der Waals surface area contributed by atoms with E-state index in [0.29, 0.717) is 30.4 Å². The number of rotatable bonds is 8. The maximum Gasteiger partial charge on any atom is 0.430 e. The van der Waals surface area contributed by atoms with Crippen molar-refractivity contribution in [2.24, 2.45) is 5.92 Å². The number of ether oxygens (including phenoxy) is 1. The molecule has 2 aromatic carbocycles. The second-order valence-corrected chi connectivity index (χ2v) is 9.52. The molecule has 1 aliphatic carbocycles. The molecule has 12 heteroatoms. The van der Waals surface area contributed by atoms with Gasteiger partial charge in [0, 0.05) is 24.8 Å². The summed E-state index contributed by atoms with van der Waals surface area (Å²) in [7, 11) is -2.32. The third-order valence-corrected chi connectivity index (χ3v) is 7.28. The van der Waals surface area contributed by atoms with Gasteiger partial charge < -0.3 is 10.1 Å². The Labute approximate surface area is 199 Å². The standard InChI is InChI=1S/C23H23F6NO4S/c1-13-11-16(19(35(32)33)14-3-4-14)5-6-17(13)12-30-20(31)15-7-9-18(10-8-15)21(34-2,22(24,25)26)23(27,28)29/h5-11,14,19,35H,3-4,12H2,1-2H3,(H,30,31). The first kappa shape index (κ1) is 27.0. The number of carbonyl (C=O) groups excluding carboxylic acids is 1. The van der Waals surface area contributed by atoms with Crippen molar-refractivity contribution >= 4 is 16.6 Å². The molecular weight excluding hydrogens is 500 g/mol. The van der Waals surface area contributed by atoms with E-state index in [-0.39, 0.29) is 18.0 Å². The minimum absolute atomic E-state index is 0.0252. The molecule has 1 aliphatic rings. The fraction of sp³-hybridized carbons (Fsp3) is 0.435. The summed E-state index contributed by atoms with van der Waals surface area (Å²) in [6.45, 7) is 1.78. The topological polar surface area (TPSA) is 72.5 Å². The van der Waals surface area contributed by atoms with E-state index in [2.05, 4.69) is 10.1 Å². The minimum Gasteiger partial charge on any atom is -0.357 e. The first-order chi connectivity index (χ1) is 16.2. The SMILES string of the molecule is COC(c1ccc(C(=O)NCc2ccc(C(C3CC3)[SH](=O)=O)cc2C)cc1)(C(F)(F)F)C(F)(F)F. The van der Waals surface area contributed by atoms with E-state index in [1.54, 1.807) is 25.1 Å². The van der Waals surface area contributed by atoms with E-state index < -0.39 is 45.4 Å². The number of carbonyl (C=O) groups is 1. The van der Waals surface area contributed by atoms with Crippen LogP contribution in [-0.4, -0.2) is 33.8 Å². The van der Waals surface area contributed by atoms with E-state index in [1.165, 1.54) is 0 Å². The zero-order valence-corrected chi connectivity index (χ0v) is 19.6. The number of benzene rings is 2. The molecule has 1 unspecified atom stereocenters.